The monoisotopic (exact) mass is 453 g/mol. The quantitative estimate of drug-likeness (QED) is 0.399. The van der Waals surface area contributed by atoms with Gasteiger partial charge in [0.05, 0.1) is 0 Å². The van der Waals surface area contributed by atoms with E-state index in [2.05, 4.69) is 27.5 Å². The van der Waals surface area contributed by atoms with E-state index >= 15 is 0 Å². The normalized spacial score (nSPS) is 14.2. The standard InChI is InChI=1S/C27H27N5O2/c1-31-15-17-32(18-16-31)24-11-7-22(8-12-24)29-20-21(19-28)27(33)30-23-9-13-26(14-10-23)34-25-5-3-2-4-6-25/h2-14,20,29H,15-18H2,1H3,(H,30,33)/b21-20-. The molecule has 2 N–H and O–H groups in total. The minimum absolute atomic E-state index is 0.0206. The lowest BCUT2D eigenvalue weighted by Crippen LogP contribution is -2.44. The maximum absolute atomic E-state index is 12.5. The van der Waals surface area contributed by atoms with E-state index in [1.54, 1.807) is 24.3 Å². The van der Waals surface area contributed by atoms with Crippen molar-refractivity contribution in [3.8, 4) is 17.6 Å². The van der Waals surface area contributed by atoms with Crippen LogP contribution in [0.25, 0.3) is 0 Å². The number of piperazine rings is 1. The number of hydrogen-bond donors (Lipinski definition) is 2. The second-order valence-corrected chi connectivity index (χ2v) is 8.04. The molecule has 1 saturated heterocycles. The van der Waals surface area contributed by atoms with Crippen LogP contribution in [0.4, 0.5) is 17.1 Å². The Morgan fingerprint density at radius 2 is 1.50 bits per heavy atom. The number of ether oxygens (including phenoxy) is 1. The van der Waals surface area contributed by atoms with Crippen molar-refractivity contribution in [2.45, 2.75) is 0 Å². The van der Waals surface area contributed by atoms with Crippen molar-refractivity contribution in [3.05, 3.63) is 90.6 Å². The van der Waals surface area contributed by atoms with Gasteiger partial charge in [0.15, 0.2) is 0 Å². The van der Waals surface area contributed by atoms with Gasteiger partial charge in [-0.25, -0.2) is 0 Å². The molecular formula is C27H27N5O2. The van der Waals surface area contributed by atoms with Gasteiger partial charge < -0.3 is 25.2 Å². The van der Waals surface area contributed by atoms with E-state index in [0.29, 0.717) is 11.4 Å². The van der Waals surface area contributed by atoms with Crippen molar-refractivity contribution in [1.29, 1.82) is 5.26 Å². The highest BCUT2D eigenvalue weighted by atomic mass is 16.5. The molecule has 0 saturated carbocycles. The summed E-state index contributed by atoms with van der Waals surface area (Å²) in [7, 11) is 2.13. The Kier molecular flexibility index (Phi) is 7.43. The van der Waals surface area contributed by atoms with Crippen LogP contribution in [0.5, 0.6) is 11.5 Å². The molecule has 34 heavy (non-hydrogen) atoms. The van der Waals surface area contributed by atoms with E-state index in [1.807, 2.05) is 60.7 Å². The molecule has 0 aliphatic carbocycles. The number of carbonyl (C=O) groups excluding carboxylic acids is 1. The largest absolute Gasteiger partial charge is 0.457 e. The topological polar surface area (TPSA) is 80.6 Å². The van der Waals surface area contributed by atoms with Crippen LogP contribution < -0.4 is 20.3 Å². The predicted octanol–water partition coefficient (Wildman–Crippen LogP) is 4.69. The zero-order valence-electron chi connectivity index (χ0n) is 19.1. The van der Waals surface area contributed by atoms with Crippen molar-refractivity contribution in [1.82, 2.24) is 4.90 Å². The molecule has 3 aromatic carbocycles. The molecule has 1 aliphatic heterocycles. The van der Waals surface area contributed by atoms with Gasteiger partial charge in [0.2, 0.25) is 0 Å². The molecule has 0 radical (unpaired) electrons. The molecule has 0 atom stereocenters. The Hall–Kier alpha value is -4.28. The first-order valence-corrected chi connectivity index (χ1v) is 11.2. The highest BCUT2D eigenvalue weighted by molar-refractivity contribution is 6.06. The number of amides is 1. The van der Waals surface area contributed by atoms with Crippen molar-refractivity contribution < 1.29 is 9.53 Å². The molecule has 3 aromatic rings. The van der Waals surface area contributed by atoms with Gasteiger partial charge in [-0.15, -0.1) is 0 Å². The Morgan fingerprint density at radius 1 is 0.882 bits per heavy atom. The summed E-state index contributed by atoms with van der Waals surface area (Å²) in [5, 5.41) is 15.2. The summed E-state index contributed by atoms with van der Waals surface area (Å²) in [4.78, 5) is 17.2. The average Bonchev–Trinajstić information content (AvgIpc) is 2.87. The van der Waals surface area contributed by atoms with Crippen LogP contribution in [0.15, 0.2) is 90.6 Å². The summed E-state index contributed by atoms with van der Waals surface area (Å²) in [6.45, 7) is 4.10. The Labute approximate surface area is 199 Å². The zero-order chi connectivity index (χ0) is 23.8. The SMILES string of the molecule is CN1CCN(c2ccc(N/C=C(/C#N)C(=O)Nc3ccc(Oc4ccccc4)cc3)cc2)CC1. The lowest BCUT2D eigenvalue weighted by atomic mass is 10.2. The minimum Gasteiger partial charge on any atom is -0.457 e. The molecule has 0 unspecified atom stereocenters. The van der Waals surface area contributed by atoms with E-state index in [4.69, 9.17) is 4.74 Å². The molecule has 0 bridgehead atoms. The van der Waals surface area contributed by atoms with Crippen LogP contribution in [0, 0.1) is 11.3 Å². The predicted molar refractivity (Wildman–Crippen MR) is 135 cm³/mol. The molecule has 0 aromatic heterocycles. The smallest absolute Gasteiger partial charge is 0.267 e. The van der Waals surface area contributed by atoms with Gasteiger partial charge in [-0.2, -0.15) is 5.26 Å². The molecule has 172 valence electrons. The fraction of sp³-hybridized carbons (Fsp3) is 0.185. The second kappa shape index (κ2) is 11.0. The summed E-state index contributed by atoms with van der Waals surface area (Å²) in [5.74, 6) is 0.902. The number of rotatable bonds is 7. The van der Waals surface area contributed by atoms with Crippen LogP contribution in [0.2, 0.25) is 0 Å². The van der Waals surface area contributed by atoms with Gasteiger partial charge in [-0.05, 0) is 67.7 Å². The summed E-state index contributed by atoms with van der Waals surface area (Å²) in [5.41, 5.74) is 2.53. The lowest BCUT2D eigenvalue weighted by Gasteiger charge is -2.34. The first-order valence-electron chi connectivity index (χ1n) is 11.2. The molecule has 1 amide bonds. The Balaban J connectivity index is 1.32. The number of nitrogens with one attached hydrogen (secondary N) is 2. The van der Waals surface area contributed by atoms with Crippen molar-refractivity contribution in [3.63, 3.8) is 0 Å². The highest BCUT2D eigenvalue weighted by Gasteiger charge is 2.14. The number of carbonyl (C=O) groups is 1. The molecule has 7 nitrogen and oxygen atoms in total. The molecule has 1 aliphatic rings. The van der Waals surface area contributed by atoms with E-state index < -0.39 is 5.91 Å². The van der Waals surface area contributed by atoms with Crippen LogP contribution in [-0.4, -0.2) is 44.0 Å². The number of benzene rings is 3. The Bertz CT molecular complexity index is 1160. The Morgan fingerprint density at radius 3 is 2.15 bits per heavy atom. The third-order valence-electron chi connectivity index (χ3n) is 5.58. The van der Waals surface area contributed by atoms with Crippen molar-refractivity contribution >= 4 is 23.0 Å². The maximum Gasteiger partial charge on any atom is 0.267 e. The van der Waals surface area contributed by atoms with Crippen LogP contribution in [-0.2, 0) is 4.79 Å². The summed E-state index contributed by atoms with van der Waals surface area (Å²) >= 11 is 0. The van der Waals surface area contributed by atoms with Gasteiger partial charge in [-0.1, -0.05) is 18.2 Å². The summed E-state index contributed by atoms with van der Waals surface area (Å²) in [6, 6.07) is 26.4. The molecule has 1 fully saturated rings. The highest BCUT2D eigenvalue weighted by Crippen LogP contribution is 2.23. The van der Waals surface area contributed by atoms with Gasteiger partial charge in [0.25, 0.3) is 5.91 Å². The van der Waals surface area contributed by atoms with E-state index in [9.17, 15) is 10.1 Å². The lowest BCUT2D eigenvalue weighted by molar-refractivity contribution is -0.112. The van der Waals surface area contributed by atoms with E-state index in [-0.39, 0.29) is 5.57 Å². The fourth-order valence-corrected chi connectivity index (χ4v) is 3.57. The summed E-state index contributed by atoms with van der Waals surface area (Å²) in [6.07, 6.45) is 1.42. The fourth-order valence-electron chi connectivity index (χ4n) is 3.57. The third-order valence-corrected chi connectivity index (χ3v) is 5.58. The third kappa shape index (κ3) is 6.15. The molecule has 7 heteroatoms. The van der Waals surface area contributed by atoms with Crippen LogP contribution in [0.1, 0.15) is 0 Å². The molecule has 0 spiro atoms. The number of para-hydroxylation sites is 1. The number of hydrogen-bond acceptors (Lipinski definition) is 6. The second-order valence-electron chi connectivity index (χ2n) is 8.04. The molecular weight excluding hydrogens is 426 g/mol. The van der Waals surface area contributed by atoms with Crippen molar-refractivity contribution in [2.75, 3.05) is 48.8 Å². The number of likely N-dealkylation sites (N-methyl/N-ethyl adjacent to an activating group) is 1. The van der Waals surface area contributed by atoms with Gasteiger partial charge >= 0.3 is 0 Å². The first-order chi connectivity index (χ1) is 16.6. The van der Waals surface area contributed by atoms with Gasteiger partial charge in [-0.3, -0.25) is 4.79 Å². The van der Waals surface area contributed by atoms with Crippen molar-refractivity contribution in [2.24, 2.45) is 0 Å². The average molecular weight is 454 g/mol. The van der Waals surface area contributed by atoms with Gasteiger partial charge in [0, 0.05) is 49.4 Å². The minimum atomic E-state index is -0.485. The number of nitriles is 1. The van der Waals surface area contributed by atoms with Gasteiger partial charge in [0.1, 0.15) is 23.1 Å². The van der Waals surface area contributed by atoms with Crippen LogP contribution in [0.3, 0.4) is 0 Å². The van der Waals surface area contributed by atoms with E-state index in [1.165, 1.54) is 11.9 Å². The van der Waals surface area contributed by atoms with E-state index in [0.717, 1.165) is 37.6 Å². The zero-order valence-corrected chi connectivity index (χ0v) is 19.1. The first kappa shape index (κ1) is 22.9. The number of nitrogens with zero attached hydrogens (tertiary/aromatic N) is 3. The maximum atomic E-state index is 12.5. The summed E-state index contributed by atoms with van der Waals surface area (Å²) < 4.78 is 5.75. The van der Waals surface area contributed by atoms with Crippen LogP contribution >= 0.6 is 0 Å². The number of anilines is 3. The molecule has 1 heterocycles. The molecule has 4 rings (SSSR count).